The molecule has 0 spiro atoms. The first-order chi connectivity index (χ1) is 14.6. The van der Waals surface area contributed by atoms with E-state index in [9.17, 15) is 9.50 Å². The van der Waals surface area contributed by atoms with E-state index in [1.807, 2.05) is 30.3 Å². The van der Waals surface area contributed by atoms with Gasteiger partial charge >= 0.3 is 0 Å². The molecular formula is C24H24FNO3S. The number of nitrogens with zero attached hydrogens (tertiary/aromatic N) is 1. The van der Waals surface area contributed by atoms with E-state index in [1.165, 1.54) is 6.07 Å². The third kappa shape index (κ3) is 4.19. The molecule has 1 aliphatic rings. The second-order valence-corrected chi connectivity index (χ2v) is 8.41. The molecule has 1 atom stereocenters. The van der Waals surface area contributed by atoms with Crippen LogP contribution in [0.1, 0.15) is 22.8 Å². The van der Waals surface area contributed by atoms with Crippen molar-refractivity contribution in [3.8, 4) is 17.2 Å². The standard InChI is InChI=1S/C24H24FNO3S/c1-28-18-9-10-20-24(14-18)30-23(16-5-3-6-17(25)13-16)11-12-26(20)15-19-21(27)7-4-8-22(19)29-2/h3-10,13-14,23,27H,11-12,15H2,1-2H3/t23-/m0/s1. The predicted molar refractivity (Wildman–Crippen MR) is 118 cm³/mol. The molecule has 0 saturated carbocycles. The van der Waals surface area contributed by atoms with Gasteiger partial charge < -0.3 is 19.5 Å². The van der Waals surface area contributed by atoms with E-state index in [2.05, 4.69) is 4.90 Å². The van der Waals surface area contributed by atoms with Crippen LogP contribution in [-0.4, -0.2) is 25.9 Å². The van der Waals surface area contributed by atoms with Crippen LogP contribution in [0.15, 0.2) is 65.6 Å². The van der Waals surface area contributed by atoms with E-state index in [1.54, 1.807) is 50.2 Å². The van der Waals surface area contributed by atoms with Crippen molar-refractivity contribution in [2.75, 3.05) is 25.7 Å². The summed E-state index contributed by atoms with van der Waals surface area (Å²) in [5.74, 6) is 1.42. The van der Waals surface area contributed by atoms with Crippen molar-refractivity contribution < 1.29 is 19.0 Å². The number of ether oxygens (including phenoxy) is 2. The Morgan fingerprint density at radius 1 is 1.07 bits per heavy atom. The third-order valence-corrected chi connectivity index (χ3v) is 6.71. The molecular weight excluding hydrogens is 401 g/mol. The van der Waals surface area contributed by atoms with Crippen LogP contribution in [0, 0.1) is 5.82 Å². The maximum atomic E-state index is 13.8. The van der Waals surface area contributed by atoms with Gasteiger partial charge in [0.05, 0.1) is 32.0 Å². The molecule has 0 amide bonds. The summed E-state index contributed by atoms with van der Waals surface area (Å²) >= 11 is 1.72. The van der Waals surface area contributed by atoms with Crippen molar-refractivity contribution in [2.45, 2.75) is 23.1 Å². The van der Waals surface area contributed by atoms with Gasteiger partial charge in [-0.15, -0.1) is 11.8 Å². The first-order valence-corrected chi connectivity index (χ1v) is 10.7. The summed E-state index contributed by atoms with van der Waals surface area (Å²) in [5, 5.41) is 10.6. The fraction of sp³-hybridized carbons (Fsp3) is 0.250. The van der Waals surface area contributed by atoms with Crippen LogP contribution in [0.4, 0.5) is 10.1 Å². The van der Waals surface area contributed by atoms with Crippen molar-refractivity contribution >= 4 is 17.4 Å². The SMILES string of the molecule is COc1ccc2c(c1)S[C@H](c1cccc(F)c1)CCN2Cc1c(O)cccc1OC. The smallest absolute Gasteiger partial charge is 0.127 e. The summed E-state index contributed by atoms with van der Waals surface area (Å²) in [4.78, 5) is 3.30. The number of hydrogen-bond donors (Lipinski definition) is 1. The van der Waals surface area contributed by atoms with E-state index in [0.717, 1.165) is 40.4 Å². The molecule has 0 aliphatic carbocycles. The zero-order valence-electron chi connectivity index (χ0n) is 17.0. The molecule has 4 nitrogen and oxygen atoms in total. The Morgan fingerprint density at radius 3 is 2.67 bits per heavy atom. The normalized spacial score (nSPS) is 16.0. The molecule has 3 aromatic carbocycles. The van der Waals surface area contributed by atoms with Crippen LogP contribution in [-0.2, 0) is 6.54 Å². The fourth-order valence-corrected chi connectivity index (χ4v) is 5.10. The molecule has 0 unspecified atom stereocenters. The van der Waals surface area contributed by atoms with Gasteiger partial charge in [-0.25, -0.2) is 4.39 Å². The monoisotopic (exact) mass is 425 g/mol. The Bertz CT molecular complexity index is 1040. The Morgan fingerprint density at radius 2 is 1.90 bits per heavy atom. The van der Waals surface area contributed by atoms with Crippen LogP contribution < -0.4 is 14.4 Å². The number of phenols is 1. The Hall–Kier alpha value is -2.86. The van der Waals surface area contributed by atoms with Crippen LogP contribution in [0.3, 0.4) is 0 Å². The molecule has 0 saturated heterocycles. The number of methoxy groups -OCH3 is 2. The number of fused-ring (bicyclic) bond motifs is 1. The highest BCUT2D eigenvalue weighted by molar-refractivity contribution is 7.99. The molecule has 1 heterocycles. The number of rotatable bonds is 5. The lowest BCUT2D eigenvalue weighted by Gasteiger charge is -2.26. The molecule has 1 aliphatic heterocycles. The Kier molecular flexibility index (Phi) is 6.04. The third-order valence-electron chi connectivity index (χ3n) is 5.34. The second kappa shape index (κ2) is 8.88. The quantitative estimate of drug-likeness (QED) is 0.560. The minimum Gasteiger partial charge on any atom is -0.507 e. The average Bonchev–Trinajstić information content (AvgIpc) is 2.94. The van der Waals surface area contributed by atoms with Crippen molar-refractivity contribution in [1.82, 2.24) is 0 Å². The molecule has 3 aromatic rings. The number of hydrogen-bond acceptors (Lipinski definition) is 5. The van der Waals surface area contributed by atoms with Crippen LogP contribution in [0.5, 0.6) is 17.2 Å². The Labute approximate surface area is 180 Å². The van der Waals surface area contributed by atoms with Crippen molar-refractivity contribution in [3.63, 3.8) is 0 Å². The van der Waals surface area contributed by atoms with Gasteiger partial charge in [0, 0.05) is 16.7 Å². The van der Waals surface area contributed by atoms with E-state index in [4.69, 9.17) is 9.47 Å². The number of halogens is 1. The largest absolute Gasteiger partial charge is 0.507 e. The highest BCUT2D eigenvalue weighted by Crippen LogP contribution is 2.47. The molecule has 30 heavy (non-hydrogen) atoms. The second-order valence-electron chi connectivity index (χ2n) is 7.16. The molecule has 156 valence electrons. The lowest BCUT2D eigenvalue weighted by molar-refractivity contribution is 0.398. The summed E-state index contributed by atoms with van der Waals surface area (Å²) in [6, 6.07) is 18.1. The van der Waals surface area contributed by atoms with Crippen LogP contribution in [0.25, 0.3) is 0 Å². The Balaban J connectivity index is 1.72. The van der Waals surface area contributed by atoms with Crippen molar-refractivity contribution in [1.29, 1.82) is 0 Å². The maximum Gasteiger partial charge on any atom is 0.127 e. The lowest BCUT2D eigenvalue weighted by Crippen LogP contribution is -2.24. The van der Waals surface area contributed by atoms with E-state index in [-0.39, 0.29) is 16.8 Å². The first kappa shape index (κ1) is 20.4. The van der Waals surface area contributed by atoms with Crippen molar-refractivity contribution in [2.24, 2.45) is 0 Å². The summed E-state index contributed by atoms with van der Waals surface area (Å²) < 4.78 is 24.8. The summed E-state index contributed by atoms with van der Waals surface area (Å²) in [7, 11) is 3.26. The van der Waals surface area contributed by atoms with Gasteiger partial charge in [-0.05, 0) is 54.4 Å². The van der Waals surface area contributed by atoms with Gasteiger partial charge in [0.25, 0.3) is 0 Å². The highest BCUT2D eigenvalue weighted by atomic mass is 32.2. The summed E-state index contributed by atoms with van der Waals surface area (Å²) in [5.41, 5.74) is 2.77. The topological polar surface area (TPSA) is 41.9 Å². The van der Waals surface area contributed by atoms with Gasteiger partial charge in [0.1, 0.15) is 23.1 Å². The minimum absolute atomic E-state index is 0.114. The zero-order valence-corrected chi connectivity index (χ0v) is 17.8. The number of aromatic hydroxyl groups is 1. The summed E-state index contributed by atoms with van der Waals surface area (Å²) in [6.07, 6.45) is 0.834. The summed E-state index contributed by atoms with van der Waals surface area (Å²) in [6.45, 7) is 1.26. The number of phenolic OH excluding ortho intramolecular Hbond substituents is 1. The number of thioether (sulfide) groups is 1. The molecule has 0 fully saturated rings. The number of anilines is 1. The van der Waals surface area contributed by atoms with Crippen molar-refractivity contribution in [3.05, 3.63) is 77.6 Å². The van der Waals surface area contributed by atoms with Gasteiger partial charge in [-0.3, -0.25) is 0 Å². The highest BCUT2D eigenvalue weighted by Gasteiger charge is 2.25. The average molecular weight is 426 g/mol. The minimum atomic E-state index is -0.223. The van der Waals surface area contributed by atoms with E-state index in [0.29, 0.717) is 12.3 Å². The molecule has 6 heteroatoms. The van der Waals surface area contributed by atoms with Gasteiger partial charge in [-0.1, -0.05) is 18.2 Å². The molecule has 0 radical (unpaired) electrons. The molecule has 0 bridgehead atoms. The van der Waals surface area contributed by atoms with E-state index < -0.39 is 0 Å². The number of benzene rings is 3. The van der Waals surface area contributed by atoms with Gasteiger partial charge in [0.2, 0.25) is 0 Å². The van der Waals surface area contributed by atoms with Crippen LogP contribution in [0.2, 0.25) is 0 Å². The zero-order chi connectivity index (χ0) is 21.1. The van der Waals surface area contributed by atoms with Gasteiger partial charge in [0.15, 0.2) is 0 Å². The van der Waals surface area contributed by atoms with Gasteiger partial charge in [-0.2, -0.15) is 0 Å². The van der Waals surface area contributed by atoms with E-state index >= 15 is 0 Å². The predicted octanol–water partition coefficient (Wildman–Crippen LogP) is 5.79. The van der Waals surface area contributed by atoms with Crippen LogP contribution >= 0.6 is 11.8 Å². The lowest BCUT2D eigenvalue weighted by atomic mass is 10.1. The molecule has 4 rings (SSSR count). The molecule has 0 aromatic heterocycles. The molecule has 1 N–H and O–H groups in total. The first-order valence-electron chi connectivity index (χ1n) is 9.79. The fourth-order valence-electron chi connectivity index (χ4n) is 3.78. The maximum absolute atomic E-state index is 13.8.